The van der Waals surface area contributed by atoms with Crippen LogP contribution in [0.15, 0.2) is 18.2 Å². The fourth-order valence-corrected chi connectivity index (χ4v) is 2.76. The third kappa shape index (κ3) is 2.45. The lowest BCUT2D eigenvalue weighted by Crippen LogP contribution is -2.29. The molecule has 1 fully saturated rings. The second-order valence-electron chi connectivity index (χ2n) is 5.34. The molecule has 1 heterocycles. The van der Waals surface area contributed by atoms with Crippen LogP contribution in [0.4, 0.5) is 5.95 Å². The average molecular weight is 274 g/mol. The van der Waals surface area contributed by atoms with E-state index < -0.39 is 0 Å². The highest BCUT2D eigenvalue weighted by Crippen LogP contribution is 2.27. The van der Waals surface area contributed by atoms with E-state index in [1.54, 1.807) is 7.11 Å². The number of methoxy groups -OCH3 is 1. The molecule has 0 aliphatic heterocycles. The standard InChI is InChI=1S/C15H22N4O/c1-3-18(11-4-5-11)8-9-19-14-7-6-12(20-2)10-13(14)17-15(19)16/h6-7,10-11H,3-5,8-9H2,1-2H3,(H2,16,17). The Morgan fingerprint density at radius 2 is 2.25 bits per heavy atom. The number of likely N-dealkylation sites (N-methyl/N-ethyl adjacent to an activating group) is 1. The van der Waals surface area contributed by atoms with E-state index in [0.717, 1.165) is 42.5 Å². The first kappa shape index (κ1) is 13.2. The van der Waals surface area contributed by atoms with E-state index in [0.29, 0.717) is 5.95 Å². The van der Waals surface area contributed by atoms with E-state index in [1.165, 1.54) is 12.8 Å². The summed E-state index contributed by atoms with van der Waals surface area (Å²) in [7, 11) is 1.66. The molecule has 0 unspecified atom stereocenters. The summed E-state index contributed by atoms with van der Waals surface area (Å²) in [6, 6.07) is 6.71. The number of imidazole rings is 1. The second-order valence-corrected chi connectivity index (χ2v) is 5.34. The number of hydrogen-bond acceptors (Lipinski definition) is 4. The van der Waals surface area contributed by atoms with Crippen LogP contribution in [0.3, 0.4) is 0 Å². The third-order valence-corrected chi connectivity index (χ3v) is 4.07. The Bertz CT molecular complexity index is 603. The zero-order chi connectivity index (χ0) is 14.1. The lowest BCUT2D eigenvalue weighted by atomic mass is 10.3. The molecule has 5 nitrogen and oxygen atoms in total. The van der Waals surface area contributed by atoms with Crippen LogP contribution in [-0.4, -0.2) is 40.7 Å². The number of aromatic nitrogens is 2. The summed E-state index contributed by atoms with van der Waals surface area (Å²) < 4.78 is 7.33. The third-order valence-electron chi connectivity index (χ3n) is 4.07. The van der Waals surface area contributed by atoms with Crippen LogP contribution in [0, 0.1) is 0 Å². The van der Waals surface area contributed by atoms with Gasteiger partial charge in [0, 0.05) is 25.2 Å². The summed E-state index contributed by atoms with van der Waals surface area (Å²) in [6.45, 7) is 5.24. The van der Waals surface area contributed by atoms with E-state index in [1.807, 2.05) is 18.2 Å². The summed E-state index contributed by atoms with van der Waals surface area (Å²) >= 11 is 0. The first-order chi connectivity index (χ1) is 9.72. The summed E-state index contributed by atoms with van der Waals surface area (Å²) in [5.41, 5.74) is 8.03. The normalized spacial score (nSPS) is 15.2. The quantitative estimate of drug-likeness (QED) is 0.876. The first-order valence-corrected chi connectivity index (χ1v) is 7.26. The molecule has 3 rings (SSSR count). The summed E-state index contributed by atoms with van der Waals surface area (Å²) in [5, 5.41) is 0. The number of ether oxygens (including phenoxy) is 1. The number of hydrogen-bond donors (Lipinski definition) is 1. The highest BCUT2D eigenvalue weighted by molar-refractivity contribution is 5.79. The molecule has 1 aliphatic rings. The Morgan fingerprint density at radius 1 is 1.45 bits per heavy atom. The Balaban J connectivity index is 1.81. The van der Waals surface area contributed by atoms with Crippen molar-refractivity contribution in [1.29, 1.82) is 0 Å². The Labute approximate surface area is 119 Å². The smallest absolute Gasteiger partial charge is 0.201 e. The van der Waals surface area contributed by atoms with Crippen LogP contribution < -0.4 is 10.5 Å². The first-order valence-electron chi connectivity index (χ1n) is 7.26. The van der Waals surface area contributed by atoms with Gasteiger partial charge in [-0.3, -0.25) is 4.90 Å². The molecule has 20 heavy (non-hydrogen) atoms. The van der Waals surface area contributed by atoms with E-state index >= 15 is 0 Å². The molecule has 1 aromatic carbocycles. The van der Waals surface area contributed by atoms with Crippen molar-refractivity contribution in [1.82, 2.24) is 14.5 Å². The van der Waals surface area contributed by atoms with E-state index in [2.05, 4.69) is 21.4 Å². The van der Waals surface area contributed by atoms with Gasteiger partial charge >= 0.3 is 0 Å². The van der Waals surface area contributed by atoms with Crippen molar-refractivity contribution in [2.45, 2.75) is 32.4 Å². The minimum Gasteiger partial charge on any atom is -0.497 e. The van der Waals surface area contributed by atoms with Gasteiger partial charge in [-0.05, 0) is 31.5 Å². The molecular formula is C15H22N4O. The number of fused-ring (bicyclic) bond motifs is 1. The predicted molar refractivity (Wildman–Crippen MR) is 81.0 cm³/mol. The SMILES string of the molecule is CCN(CCn1c(N)nc2cc(OC)ccc21)C1CC1. The lowest BCUT2D eigenvalue weighted by molar-refractivity contribution is 0.268. The van der Waals surface area contributed by atoms with Gasteiger partial charge in [-0.1, -0.05) is 6.92 Å². The number of nitrogen functional groups attached to an aromatic ring is 1. The van der Waals surface area contributed by atoms with Crippen LogP contribution in [0.25, 0.3) is 11.0 Å². The number of nitrogens with zero attached hydrogens (tertiary/aromatic N) is 3. The topological polar surface area (TPSA) is 56.3 Å². The molecule has 0 amide bonds. The Kier molecular flexibility index (Phi) is 3.53. The van der Waals surface area contributed by atoms with Crippen LogP contribution in [0.2, 0.25) is 0 Å². The van der Waals surface area contributed by atoms with Gasteiger partial charge in [-0.2, -0.15) is 0 Å². The van der Waals surface area contributed by atoms with Crippen LogP contribution in [0.1, 0.15) is 19.8 Å². The highest BCUT2D eigenvalue weighted by Gasteiger charge is 2.27. The number of benzene rings is 1. The van der Waals surface area contributed by atoms with E-state index in [9.17, 15) is 0 Å². The maximum Gasteiger partial charge on any atom is 0.201 e. The fraction of sp³-hybridized carbons (Fsp3) is 0.533. The molecule has 2 aromatic rings. The summed E-state index contributed by atoms with van der Waals surface area (Å²) in [5.74, 6) is 1.40. The van der Waals surface area contributed by atoms with Gasteiger partial charge in [-0.15, -0.1) is 0 Å². The van der Waals surface area contributed by atoms with Gasteiger partial charge in [0.2, 0.25) is 5.95 Å². The van der Waals surface area contributed by atoms with Crippen molar-refractivity contribution in [3.8, 4) is 5.75 Å². The molecule has 1 aliphatic carbocycles. The highest BCUT2D eigenvalue weighted by atomic mass is 16.5. The average Bonchev–Trinajstić information content (AvgIpc) is 3.24. The number of anilines is 1. The van der Waals surface area contributed by atoms with Gasteiger partial charge in [0.1, 0.15) is 5.75 Å². The van der Waals surface area contributed by atoms with Crippen molar-refractivity contribution < 1.29 is 4.74 Å². The fourth-order valence-electron chi connectivity index (χ4n) is 2.76. The van der Waals surface area contributed by atoms with E-state index in [4.69, 9.17) is 10.5 Å². The molecule has 0 spiro atoms. The molecule has 108 valence electrons. The van der Waals surface area contributed by atoms with Crippen LogP contribution in [0.5, 0.6) is 5.75 Å². The molecule has 0 radical (unpaired) electrons. The lowest BCUT2D eigenvalue weighted by Gasteiger charge is -2.20. The van der Waals surface area contributed by atoms with Crippen molar-refractivity contribution in [3.63, 3.8) is 0 Å². The summed E-state index contributed by atoms with van der Waals surface area (Å²) in [6.07, 6.45) is 2.68. The molecule has 0 saturated heterocycles. The van der Waals surface area contributed by atoms with Gasteiger partial charge in [-0.25, -0.2) is 4.98 Å². The van der Waals surface area contributed by atoms with Crippen LogP contribution >= 0.6 is 0 Å². The zero-order valence-corrected chi connectivity index (χ0v) is 12.2. The largest absolute Gasteiger partial charge is 0.497 e. The van der Waals surface area contributed by atoms with Gasteiger partial charge in [0.05, 0.1) is 18.1 Å². The number of nitrogens with two attached hydrogens (primary N) is 1. The maximum atomic E-state index is 6.06. The monoisotopic (exact) mass is 274 g/mol. The predicted octanol–water partition coefficient (Wildman–Crippen LogP) is 2.11. The van der Waals surface area contributed by atoms with Gasteiger partial charge in [0.25, 0.3) is 0 Å². The molecule has 0 atom stereocenters. The van der Waals surface area contributed by atoms with Crippen molar-refractivity contribution >= 4 is 17.0 Å². The van der Waals surface area contributed by atoms with Crippen molar-refractivity contribution in [2.75, 3.05) is 25.9 Å². The minimum atomic E-state index is 0.583. The minimum absolute atomic E-state index is 0.583. The number of rotatable bonds is 6. The molecule has 1 aromatic heterocycles. The van der Waals surface area contributed by atoms with Crippen LogP contribution in [-0.2, 0) is 6.54 Å². The second kappa shape index (κ2) is 5.32. The molecule has 5 heteroatoms. The van der Waals surface area contributed by atoms with Gasteiger partial charge in [0.15, 0.2) is 0 Å². The zero-order valence-electron chi connectivity index (χ0n) is 12.2. The molecule has 0 bridgehead atoms. The van der Waals surface area contributed by atoms with Crippen molar-refractivity contribution in [3.05, 3.63) is 18.2 Å². The van der Waals surface area contributed by atoms with E-state index in [-0.39, 0.29) is 0 Å². The summed E-state index contributed by atoms with van der Waals surface area (Å²) in [4.78, 5) is 6.95. The Morgan fingerprint density at radius 3 is 2.90 bits per heavy atom. The molecule has 2 N–H and O–H groups in total. The Hall–Kier alpha value is -1.75. The van der Waals surface area contributed by atoms with Gasteiger partial charge < -0.3 is 15.0 Å². The molecule has 1 saturated carbocycles. The maximum absolute atomic E-state index is 6.06. The molecular weight excluding hydrogens is 252 g/mol. The van der Waals surface area contributed by atoms with Crippen molar-refractivity contribution in [2.24, 2.45) is 0 Å².